The third-order valence-electron chi connectivity index (χ3n) is 2.27. The van der Waals surface area contributed by atoms with Gasteiger partial charge >= 0.3 is 0 Å². The van der Waals surface area contributed by atoms with Crippen molar-refractivity contribution in [3.05, 3.63) is 17.2 Å². The number of benzene rings is 1. The van der Waals surface area contributed by atoms with E-state index in [1.807, 2.05) is 0 Å². The number of ketones is 1. The summed E-state index contributed by atoms with van der Waals surface area (Å²) in [6, 6.07) is 1.24. The van der Waals surface area contributed by atoms with Crippen LogP contribution in [-0.4, -0.2) is 23.1 Å². The van der Waals surface area contributed by atoms with Gasteiger partial charge in [-0.1, -0.05) is 6.92 Å². The first-order valence-electron chi connectivity index (χ1n) is 4.65. The number of Topliss-reactive ketones (excluding diaryl/α,β-unsaturated/α-hetero) is 1. The van der Waals surface area contributed by atoms with Gasteiger partial charge in [-0.05, 0) is 13.3 Å². The first-order chi connectivity index (χ1) is 7.02. The molecule has 0 amide bonds. The predicted octanol–water partition coefficient (Wildman–Crippen LogP) is 1.87. The van der Waals surface area contributed by atoms with E-state index in [-0.39, 0.29) is 28.6 Å². The summed E-state index contributed by atoms with van der Waals surface area (Å²) in [4.78, 5) is 11.3. The molecule has 4 heteroatoms. The molecule has 0 radical (unpaired) electrons. The Hall–Kier alpha value is -1.71. The van der Waals surface area contributed by atoms with Crippen LogP contribution in [0.25, 0.3) is 0 Å². The van der Waals surface area contributed by atoms with Gasteiger partial charge in [0.2, 0.25) is 0 Å². The van der Waals surface area contributed by atoms with Crippen LogP contribution < -0.4 is 4.74 Å². The molecule has 4 nitrogen and oxygen atoms in total. The van der Waals surface area contributed by atoms with Crippen LogP contribution in [0.5, 0.6) is 17.2 Å². The summed E-state index contributed by atoms with van der Waals surface area (Å²) in [5.41, 5.74) is 0.579. The highest BCUT2D eigenvalue weighted by Crippen LogP contribution is 2.38. The second-order valence-corrected chi connectivity index (χ2v) is 3.21. The van der Waals surface area contributed by atoms with Gasteiger partial charge in [0.15, 0.2) is 17.3 Å². The Bertz CT molecular complexity index is 396. The number of phenols is 2. The van der Waals surface area contributed by atoms with Crippen LogP contribution in [0.1, 0.15) is 29.8 Å². The highest BCUT2D eigenvalue weighted by atomic mass is 16.5. The van der Waals surface area contributed by atoms with Gasteiger partial charge in [0, 0.05) is 11.6 Å². The third-order valence-corrected chi connectivity index (χ3v) is 2.27. The zero-order chi connectivity index (χ0) is 11.6. The molecule has 0 aromatic heterocycles. The monoisotopic (exact) mass is 210 g/mol. The number of aromatic hydroxyl groups is 2. The molecule has 0 bridgehead atoms. The van der Waals surface area contributed by atoms with Crippen molar-refractivity contribution in [2.24, 2.45) is 0 Å². The molecule has 0 aliphatic heterocycles. The van der Waals surface area contributed by atoms with Gasteiger partial charge in [-0.15, -0.1) is 0 Å². The molecule has 0 heterocycles. The van der Waals surface area contributed by atoms with Crippen molar-refractivity contribution in [2.45, 2.75) is 20.3 Å². The van der Waals surface area contributed by atoms with Crippen LogP contribution in [0, 0.1) is 0 Å². The van der Waals surface area contributed by atoms with E-state index in [0.717, 1.165) is 0 Å². The maximum absolute atomic E-state index is 11.3. The lowest BCUT2D eigenvalue weighted by Crippen LogP contribution is -2.01. The van der Waals surface area contributed by atoms with Crippen LogP contribution in [0.3, 0.4) is 0 Å². The zero-order valence-corrected chi connectivity index (χ0v) is 9.00. The number of phenolic OH excluding ortho intramolecular Hbond substituents is 2. The van der Waals surface area contributed by atoms with Gasteiger partial charge in [0.25, 0.3) is 0 Å². The number of carbonyl (C=O) groups is 1. The maximum atomic E-state index is 11.3. The van der Waals surface area contributed by atoms with E-state index >= 15 is 0 Å². The Labute approximate surface area is 88.1 Å². The molecule has 0 fully saturated rings. The molecule has 0 aliphatic carbocycles. The SMILES string of the molecule is CCc1c(O)c(OC)cc(O)c1C(C)=O. The van der Waals surface area contributed by atoms with E-state index in [4.69, 9.17) is 4.74 Å². The molecular weight excluding hydrogens is 196 g/mol. The average molecular weight is 210 g/mol. The second kappa shape index (κ2) is 4.21. The molecule has 1 aromatic rings. The molecule has 0 atom stereocenters. The fourth-order valence-electron chi connectivity index (χ4n) is 1.58. The van der Waals surface area contributed by atoms with Crippen molar-refractivity contribution < 1.29 is 19.7 Å². The third kappa shape index (κ3) is 1.88. The average Bonchev–Trinajstić information content (AvgIpc) is 2.19. The maximum Gasteiger partial charge on any atom is 0.164 e. The number of hydrogen-bond donors (Lipinski definition) is 2. The van der Waals surface area contributed by atoms with E-state index in [9.17, 15) is 15.0 Å². The van der Waals surface area contributed by atoms with Gasteiger partial charge < -0.3 is 14.9 Å². The summed E-state index contributed by atoms with van der Waals surface area (Å²) in [5, 5.41) is 19.4. The van der Waals surface area contributed by atoms with Crippen LogP contribution in [0.2, 0.25) is 0 Å². The molecule has 1 rings (SSSR count). The fourth-order valence-corrected chi connectivity index (χ4v) is 1.58. The molecular formula is C11H14O4. The van der Waals surface area contributed by atoms with E-state index in [0.29, 0.717) is 12.0 Å². The van der Waals surface area contributed by atoms with Crippen molar-refractivity contribution in [3.8, 4) is 17.2 Å². The molecule has 2 N–H and O–H groups in total. The Balaban J connectivity index is 3.53. The van der Waals surface area contributed by atoms with Crippen LogP contribution >= 0.6 is 0 Å². The summed E-state index contributed by atoms with van der Waals surface area (Å²) in [6.45, 7) is 3.14. The molecule has 0 saturated heterocycles. The summed E-state index contributed by atoms with van der Waals surface area (Å²) < 4.78 is 4.88. The van der Waals surface area contributed by atoms with Crippen molar-refractivity contribution >= 4 is 5.78 Å². The van der Waals surface area contributed by atoms with Gasteiger partial charge in [-0.3, -0.25) is 4.79 Å². The standard InChI is InChI=1S/C11H14O4/c1-4-7-10(6(2)12)8(13)5-9(15-3)11(7)14/h5,13-14H,4H2,1-3H3. The lowest BCUT2D eigenvalue weighted by atomic mass is 9.99. The summed E-state index contributed by atoms with van der Waals surface area (Å²) in [6.07, 6.45) is 0.450. The zero-order valence-electron chi connectivity index (χ0n) is 9.00. The van der Waals surface area contributed by atoms with Crippen molar-refractivity contribution in [1.82, 2.24) is 0 Å². The Kier molecular flexibility index (Phi) is 3.19. The lowest BCUT2D eigenvalue weighted by Gasteiger charge is -2.12. The first kappa shape index (κ1) is 11.4. The minimum atomic E-state index is -0.276. The molecule has 82 valence electrons. The Morgan fingerprint density at radius 2 is 2.07 bits per heavy atom. The number of methoxy groups -OCH3 is 1. The van der Waals surface area contributed by atoms with E-state index in [1.54, 1.807) is 6.92 Å². The molecule has 0 aliphatic rings. The first-order valence-corrected chi connectivity index (χ1v) is 4.65. The van der Waals surface area contributed by atoms with Gasteiger partial charge in [-0.2, -0.15) is 0 Å². The molecule has 15 heavy (non-hydrogen) atoms. The number of rotatable bonds is 3. The van der Waals surface area contributed by atoms with Crippen molar-refractivity contribution in [2.75, 3.05) is 7.11 Å². The summed E-state index contributed by atoms with van der Waals surface area (Å²) in [7, 11) is 1.39. The number of carbonyl (C=O) groups excluding carboxylic acids is 1. The molecule has 0 saturated carbocycles. The van der Waals surface area contributed by atoms with Gasteiger partial charge in [0.05, 0.1) is 12.7 Å². The summed E-state index contributed by atoms with van der Waals surface area (Å²) in [5.74, 6) is -0.339. The normalized spacial score (nSPS) is 10.1. The number of ether oxygens (including phenoxy) is 1. The van der Waals surface area contributed by atoms with E-state index in [1.165, 1.54) is 20.1 Å². The van der Waals surface area contributed by atoms with Crippen LogP contribution in [0.4, 0.5) is 0 Å². The van der Waals surface area contributed by atoms with Crippen molar-refractivity contribution in [3.63, 3.8) is 0 Å². The van der Waals surface area contributed by atoms with E-state index in [2.05, 4.69) is 0 Å². The fraction of sp³-hybridized carbons (Fsp3) is 0.364. The summed E-state index contributed by atoms with van der Waals surface area (Å²) >= 11 is 0. The molecule has 1 aromatic carbocycles. The van der Waals surface area contributed by atoms with Gasteiger partial charge in [-0.25, -0.2) is 0 Å². The van der Waals surface area contributed by atoms with Gasteiger partial charge in [0.1, 0.15) is 5.75 Å². The smallest absolute Gasteiger partial charge is 0.164 e. The molecule has 0 unspecified atom stereocenters. The number of hydrogen-bond acceptors (Lipinski definition) is 4. The second-order valence-electron chi connectivity index (χ2n) is 3.21. The predicted molar refractivity (Wildman–Crippen MR) is 55.7 cm³/mol. The van der Waals surface area contributed by atoms with Crippen LogP contribution in [0.15, 0.2) is 6.07 Å². The Morgan fingerprint density at radius 1 is 1.47 bits per heavy atom. The van der Waals surface area contributed by atoms with E-state index < -0.39 is 0 Å². The lowest BCUT2D eigenvalue weighted by molar-refractivity contribution is 0.101. The molecule has 0 spiro atoms. The minimum absolute atomic E-state index is 0.0806. The topological polar surface area (TPSA) is 66.8 Å². The quantitative estimate of drug-likeness (QED) is 0.590. The minimum Gasteiger partial charge on any atom is -0.507 e. The highest BCUT2D eigenvalue weighted by Gasteiger charge is 2.19. The largest absolute Gasteiger partial charge is 0.507 e. The highest BCUT2D eigenvalue weighted by molar-refractivity contribution is 5.99. The van der Waals surface area contributed by atoms with Crippen LogP contribution in [-0.2, 0) is 6.42 Å². The Morgan fingerprint density at radius 3 is 2.47 bits per heavy atom. The van der Waals surface area contributed by atoms with Crippen molar-refractivity contribution in [1.29, 1.82) is 0 Å².